The topological polar surface area (TPSA) is 58.9 Å². The van der Waals surface area contributed by atoms with E-state index in [9.17, 15) is 0 Å². The lowest BCUT2D eigenvalue weighted by atomic mass is 10.7. The van der Waals surface area contributed by atoms with E-state index in [1.807, 2.05) is 6.92 Å². The Hall–Kier alpha value is -1.30. The SMILES string of the molecule is Cc1n[nH]c2nc(=S)cnn12. The average molecular weight is 167 g/mol. The minimum absolute atomic E-state index is 0.466. The van der Waals surface area contributed by atoms with Crippen LogP contribution in [-0.2, 0) is 0 Å². The molecule has 0 bridgehead atoms. The minimum Gasteiger partial charge on any atom is -0.243 e. The molecule has 0 unspecified atom stereocenters. The summed E-state index contributed by atoms with van der Waals surface area (Å²) in [4.78, 5) is 3.99. The summed E-state index contributed by atoms with van der Waals surface area (Å²) in [5.41, 5.74) is 0. The molecule has 11 heavy (non-hydrogen) atoms. The third kappa shape index (κ3) is 0.911. The van der Waals surface area contributed by atoms with E-state index in [4.69, 9.17) is 12.2 Å². The number of H-pyrrole nitrogens is 1. The number of aromatic nitrogens is 5. The van der Waals surface area contributed by atoms with E-state index in [1.54, 1.807) is 4.52 Å². The third-order valence-electron chi connectivity index (χ3n) is 1.32. The maximum absolute atomic E-state index is 4.81. The molecule has 0 aliphatic heterocycles. The first-order valence-corrected chi connectivity index (χ1v) is 3.45. The summed E-state index contributed by atoms with van der Waals surface area (Å²) in [7, 11) is 0. The molecule has 5 nitrogen and oxygen atoms in total. The molecule has 2 aromatic rings. The second-order valence-electron chi connectivity index (χ2n) is 2.10. The molecule has 0 aliphatic carbocycles. The Morgan fingerprint density at radius 1 is 1.64 bits per heavy atom. The largest absolute Gasteiger partial charge is 0.247 e. The van der Waals surface area contributed by atoms with Crippen LogP contribution in [0, 0.1) is 11.6 Å². The Kier molecular flexibility index (Phi) is 1.22. The summed E-state index contributed by atoms with van der Waals surface area (Å²) >= 11 is 4.81. The van der Waals surface area contributed by atoms with Crippen LogP contribution in [0.1, 0.15) is 5.82 Å². The van der Waals surface area contributed by atoms with Gasteiger partial charge in [-0.3, -0.25) is 0 Å². The van der Waals surface area contributed by atoms with Gasteiger partial charge in [0.25, 0.3) is 0 Å². The number of aromatic amines is 1. The number of nitrogens with zero attached hydrogens (tertiary/aromatic N) is 4. The molecule has 0 amide bonds. The summed E-state index contributed by atoms with van der Waals surface area (Å²) in [5, 5.41) is 10.6. The zero-order valence-electron chi connectivity index (χ0n) is 5.77. The third-order valence-corrected chi connectivity index (χ3v) is 1.52. The normalized spacial score (nSPS) is 10.6. The molecule has 6 heteroatoms. The zero-order valence-corrected chi connectivity index (χ0v) is 6.59. The van der Waals surface area contributed by atoms with Crippen molar-refractivity contribution < 1.29 is 0 Å². The molecular weight excluding hydrogens is 162 g/mol. The first-order chi connectivity index (χ1) is 5.27. The van der Waals surface area contributed by atoms with Crippen molar-refractivity contribution in [2.75, 3.05) is 0 Å². The molecule has 56 valence electrons. The Morgan fingerprint density at radius 3 is 3.27 bits per heavy atom. The second kappa shape index (κ2) is 2.09. The maximum atomic E-state index is 4.81. The molecule has 0 aromatic carbocycles. The number of fused-ring (bicyclic) bond motifs is 1. The highest BCUT2D eigenvalue weighted by Gasteiger charge is 1.98. The predicted octanol–water partition coefficient (Wildman–Crippen LogP) is 0.490. The van der Waals surface area contributed by atoms with Crippen molar-refractivity contribution in [3.05, 3.63) is 16.7 Å². The van der Waals surface area contributed by atoms with Gasteiger partial charge in [0.05, 0.1) is 6.20 Å². The molecule has 0 aliphatic rings. The van der Waals surface area contributed by atoms with E-state index >= 15 is 0 Å². The van der Waals surface area contributed by atoms with Crippen LogP contribution in [-0.4, -0.2) is 24.8 Å². The van der Waals surface area contributed by atoms with Crippen molar-refractivity contribution in [2.45, 2.75) is 6.92 Å². The Bertz CT molecular complexity index is 441. The fourth-order valence-electron chi connectivity index (χ4n) is 0.830. The maximum Gasteiger partial charge on any atom is 0.247 e. The van der Waals surface area contributed by atoms with Crippen molar-refractivity contribution in [3.8, 4) is 0 Å². The van der Waals surface area contributed by atoms with Crippen LogP contribution in [0.4, 0.5) is 0 Å². The Balaban J connectivity index is 2.96. The van der Waals surface area contributed by atoms with Crippen molar-refractivity contribution >= 4 is 18.0 Å². The van der Waals surface area contributed by atoms with Crippen LogP contribution in [0.15, 0.2) is 6.20 Å². The Morgan fingerprint density at radius 2 is 2.45 bits per heavy atom. The fraction of sp³-hybridized carbons (Fsp3) is 0.200. The lowest BCUT2D eigenvalue weighted by molar-refractivity contribution is 0.853. The first-order valence-electron chi connectivity index (χ1n) is 3.04. The highest BCUT2D eigenvalue weighted by molar-refractivity contribution is 7.71. The standard InChI is InChI=1S/C5H5N5S/c1-3-8-9-5-7-4(11)2-6-10(3)5/h2H,1H3,(H,7,9,11). The van der Waals surface area contributed by atoms with Gasteiger partial charge in [-0.25, -0.2) is 5.10 Å². The number of hydrogen-bond donors (Lipinski definition) is 1. The van der Waals surface area contributed by atoms with Gasteiger partial charge >= 0.3 is 0 Å². The van der Waals surface area contributed by atoms with Crippen LogP contribution in [0.5, 0.6) is 0 Å². The zero-order chi connectivity index (χ0) is 7.84. The lowest BCUT2D eigenvalue weighted by Gasteiger charge is -1.88. The number of hydrogen-bond acceptors (Lipinski definition) is 4. The summed E-state index contributed by atoms with van der Waals surface area (Å²) in [6.45, 7) is 1.83. The summed E-state index contributed by atoms with van der Waals surface area (Å²) in [6, 6.07) is 0. The van der Waals surface area contributed by atoms with Crippen LogP contribution in [0.25, 0.3) is 5.78 Å². The van der Waals surface area contributed by atoms with Crippen molar-refractivity contribution in [1.82, 2.24) is 24.8 Å². The molecule has 0 fully saturated rings. The van der Waals surface area contributed by atoms with Crippen molar-refractivity contribution in [2.24, 2.45) is 0 Å². The average Bonchev–Trinajstić information content (AvgIpc) is 2.32. The molecule has 2 heterocycles. The summed E-state index contributed by atoms with van der Waals surface area (Å²) < 4.78 is 2.06. The van der Waals surface area contributed by atoms with E-state index in [1.165, 1.54) is 6.20 Å². The van der Waals surface area contributed by atoms with Gasteiger partial charge in [-0.05, 0) is 6.92 Å². The highest BCUT2D eigenvalue weighted by Crippen LogP contribution is 1.94. The van der Waals surface area contributed by atoms with Crippen LogP contribution < -0.4 is 0 Å². The monoisotopic (exact) mass is 167 g/mol. The molecule has 0 saturated carbocycles. The van der Waals surface area contributed by atoms with Gasteiger partial charge < -0.3 is 0 Å². The highest BCUT2D eigenvalue weighted by atomic mass is 32.1. The quantitative estimate of drug-likeness (QED) is 0.580. The molecule has 0 spiro atoms. The van der Waals surface area contributed by atoms with E-state index in [2.05, 4.69) is 20.3 Å². The van der Waals surface area contributed by atoms with Crippen LogP contribution in [0.3, 0.4) is 0 Å². The molecule has 2 rings (SSSR count). The smallest absolute Gasteiger partial charge is 0.243 e. The van der Waals surface area contributed by atoms with Gasteiger partial charge in [-0.1, -0.05) is 12.2 Å². The molecule has 0 saturated heterocycles. The van der Waals surface area contributed by atoms with Gasteiger partial charge in [0, 0.05) is 0 Å². The molecule has 2 aromatic heterocycles. The van der Waals surface area contributed by atoms with E-state index in [0.29, 0.717) is 10.4 Å². The van der Waals surface area contributed by atoms with Gasteiger partial charge in [0.1, 0.15) is 4.64 Å². The first kappa shape index (κ1) is 6.41. The molecule has 1 N–H and O–H groups in total. The van der Waals surface area contributed by atoms with Gasteiger partial charge in [0.15, 0.2) is 5.82 Å². The van der Waals surface area contributed by atoms with Crippen molar-refractivity contribution in [1.29, 1.82) is 0 Å². The minimum atomic E-state index is 0.466. The van der Waals surface area contributed by atoms with Crippen molar-refractivity contribution in [3.63, 3.8) is 0 Å². The van der Waals surface area contributed by atoms with E-state index in [-0.39, 0.29) is 0 Å². The Labute approximate surface area is 67.1 Å². The number of aryl methyl sites for hydroxylation is 1. The van der Waals surface area contributed by atoms with Gasteiger partial charge in [-0.2, -0.15) is 19.7 Å². The number of rotatable bonds is 0. The molecule has 0 atom stereocenters. The predicted molar refractivity (Wildman–Crippen MR) is 40.7 cm³/mol. The lowest BCUT2D eigenvalue weighted by Crippen LogP contribution is -1.95. The van der Waals surface area contributed by atoms with Gasteiger partial charge in [0.2, 0.25) is 5.78 Å². The summed E-state index contributed by atoms with van der Waals surface area (Å²) in [5.74, 6) is 1.34. The van der Waals surface area contributed by atoms with Crippen LogP contribution in [0.2, 0.25) is 0 Å². The van der Waals surface area contributed by atoms with Crippen LogP contribution >= 0.6 is 12.2 Å². The molecular formula is C5H5N5S. The number of nitrogens with one attached hydrogen (secondary N) is 1. The van der Waals surface area contributed by atoms with Gasteiger partial charge in [-0.15, -0.1) is 0 Å². The summed E-state index contributed by atoms with van der Waals surface area (Å²) in [6.07, 6.45) is 1.52. The fourth-order valence-corrected chi connectivity index (χ4v) is 0.963. The van der Waals surface area contributed by atoms with E-state index < -0.39 is 0 Å². The van der Waals surface area contributed by atoms with E-state index in [0.717, 1.165) is 5.82 Å². The molecule has 0 radical (unpaired) electrons. The second-order valence-corrected chi connectivity index (χ2v) is 2.52.